The number of benzene rings is 6. The van der Waals surface area contributed by atoms with Gasteiger partial charge in [-0.15, -0.1) is 0 Å². The molecule has 0 saturated heterocycles. The van der Waals surface area contributed by atoms with Crippen LogP contribution in [0.15, 0.2) is 126 Å². The topological polar surface area (TPSA) is 173 Å². The SMILES string of the molecule is COC(=O)[C@H](Cc1ccc(-c2ccc(C#N)cc2)cc1)NC(=O)C1Cc2cc3c(cc2CN1S(=O)(=O)c1ccc(NC(C)=O)cc1C)O[C@@H](c1ccc(OCc2ccc(Cl)c(Cl)c2)cc1)CO3. The molecule has 0 aromatic heterocycles. The number of methoxy groups -OCH3 is 1. The van der Waals surface area contributed by atoms with Crippen LogP contribution in [0.3, 0.4) is 0 Å². The van der Waals surface area contributed by atoms with Crippen molar-refractivity contribution in [2.45, 2.75) is 62.9 Å². The van der Waals surface area contributed by atoms with E-state index in [2.05, 4.69) is 16.7 Å². The van der Waals surface area contributed by atoms with Gasteiger partial charge in [-0.2, -0.15) is 9.57 Å². The number of amides is 2. The molecule has 0 bridgehead atoms. The minimum Gasteiger partial charge on any atom is -0.489 e. The molecular weight excluding hydrogens is 916 g/mol. The predicted octanol–water partition coefficient (Wildman–Crippen LogP) is 8.91. The molecule has 1 unspecified atom stereocenters. The molecule has 3 atom stereocenters. The standard InChI is InChI=1S/C51H44Cl2N4O9S/c1-30-20-40(55-31(2)58)15-19-49(30)67(61,62)57-27-39-25-47-46(65-29-48(66-47)37-13-16-41(17-14-37)64-28-34-8-18-42(52)43(53)21-34)24-38(39)23-45(57)50(59)56-44(51(60)63-3)22-32-4-9-35(10-5-32)36-11-6-33(26-54)7-12-36/h4-21,24-25,44-45,48H,22-23,27-29H2,1-3H3,(H,55,58)(H,56,59)/t44-,45?,48+/m0/s1. The van der Waals surface area contributed by atoms with Crippen molar-refractivity contribution in [1.82, 2.24) is 9.62 Å². The molecule has 0 fully saturated rings. The summed E-state index contributed by atoms with van der Waals surface area (Å²) in [4.78, 5) is 39.6. The maximum atomic E-state index is 14.8. The Morgan fingerprint density at radius 2 is 1.54 bits per heavy atom. The number of hydrogen-bond donors (Lipinski definition) is 2. The van der Waals surface area contributed by atoms with Gasteiger partial charge < -0.3 is 29.6 Å². The van der Waals surface area contributed by atoms with Crippen molar-refractivity contribution in [3.8, 4) is 34.4 Å². The average Bonchev–Trinajstić information content (AvgIpc) is 3.32. The third kappa shape index (κ3) is 10.6. The number of hydrogen-bond acceptors (Lipinski definition) is 10. The van der Waals surface area contributed by atoms with Crippen LogP contribution < -0.4 is 24.8 Å². The van der Waals surface area contributed by atoms with Crippen LogP contribution in [0.25, 0.3) is 11.1 Å². The fourth-order valence-electron chi connectivity index (χ4n) is 8.10. The van der Waals surface area contributed by atoms with E-state index >= 15 is 0 Å². The van der Waals surface area contributed by atoms with Crippen molar-refractivity contribution < 1.29 is 41.7 Å². The monoisotopic (exact) mass is 958 g/mol. The summed E-state index contributed by atoms with van der Waals surface area (Å²) < 4.78 is 54.5. The number of esters is 1. The van der Waals surface area contributed by atoms with Gasteiger partial charge in [0.05, 0.1) is 33.7 Å². The Morgan fingerprint density at radius 1 is 0.851 bits per heavy atom. The first-order valence-electron chi connectivity index (χ1n) is 21.2. The van der Waals surface area contributed by atoms with Crippen LogP contribution in [-0.2, 0) is 55.1 Å². The fourth-order valence-corrected chi connectivity index (χ4v) is 10.2. The van der Waals surface area contributed by atoms with Gasteiger partial charge in [0.15, 0.2) is 17.6 Å². The summed E-state index contributed by atoms with van der Waals surface area (Å²) >= 11 is 12.2. The first-order chi connectivity index (χ1) is 32.2. The van der Waals surface area contributed by atoms with Crippen LogP contribution in [0.2, 0.25) is 10.0 Å². The van der Waals surface area contributed by atoms with Gasteiger partial charge in [0.2, 0.25) is 21.8 Å². The van der Waals surface area contributed by atoms with Gasteiger partial charge in [0.25, 0.3) is 0 Å². The molecule has 16 heteroatoms. The zero-order valence-electron chi connectivity index (χ0n) is 36.5. The molecule has 6 aromatic rings. The molecule has 2 aliphatic rings. The second kappa shape index (κ2) is 19.9. The number of rotatable bonds is 13. The lowest BCUT2D eigenvalue weighted by molar-refractivity contribution is -0.145. The van der Waals surface area contributed by atoms with Crippen LogP contribution >= 0.6 is 23.2 Å². The molecule has 0 spiro atoms. The van der Waals surface area contributed by atoms with Crippen molar-refractivity contribution in [3.63, 3.8) is 0 Å². The lowest BCUT2D eigenvalue weighted by Crippen LogP contribution is -2.56. The highest BCUT2D eigenvalue weighted by molar-refractivity contribution is 7.89. The molecule has 342 valence electrons. The van der Waals surface area contributed by atoms with Crippen LogP contribution in [0, 0.1) is 18.3 Å². The number of carbonyl (C=O) groups excluding carboxylic acids is 3. The lowest BCUT2D eigenvalue weighted by atomic mass is 9.93. The third-order valence-corrected chi connectivity index (χ3v) is 14.3. The Balaban J connectivity index is 1.04. The maximum absolute atomic E-state index is 14.8. The van der Waals surface area contributed by atoms with Crippen molar-refractivity contribution in [2.24, 2.45) is 0 Å². The Hall–Kier alpha value is -6.89. The van der Waals surface area contributed by atoms with E-state index in [-0.39, 0.29) is 43.4 Å². The molecule has 2 N–H and O–H groups in total. The second-order valence-corrected chi connectivity index (χ2v) is 18.9. The Kier molecular flexibility index (Phi) is 13.9. The van der Waals surface area contributed by atoms with E-state index in [9.17, 15) is 28.1 Å². The van der Waals surface area contributed by atoms with Gasteiger partial charge in [-0.25, -0.2) is 13.2 Å². The van der Waals surface area contributed by atoms with Gasteiger partial charge in [0, 0.05) is 25.6 Å². The van der Waals surface area contributed by atoms with Crippen LogP contribution in [-0.4, -0.2) is 56.3 Å². The molecule has 0 aliphatic carbocycles. The number of nitrogens with one attached hydrogen (secondary N) is 2. The largest absolute Gasteiger partial charge is 0.489 e. The highest BCUT2D eigenvalue weighted by atomic mass is 35.5. The summed E-state index contributed by atoms with van der Waals surface area (Å²) in [6, 6.07) is 34.9. The number of fused-ring (bicyclic) bond motifs is 2. The van der Waals surface area contributed by atoms with E-state index in [1.807, 2.05) is 66.7 Å². The lowest BCUT2D eigenvalue weighted by Gasteiger charge is -2.37. The number of nitriles is 1. The molecule has 0 radical (unpaired) electrons. The van der Waals surface area contributed by atoms with Gasteiger partial charge >= 0.3 is 5.97 Å². The first-order valence-corrected chi connectivity index (χ1v) is 23.4. The van der Waals surface area contributed by atoms with Gasteiger partial charge in [-0.1, -0.05) is 77.8 Å². The third-order valence-electron chi connectivity index (χ3n) is 11.6. The maximum Gasteiger partial charge on any atom is 0.328 e. The Bertz CT molecular complexity index is 3020. The van der Waals surface area contributed by atoms with Crippen molar-refractivity contribution in [3.05, 3.63) is 170 Å². The average molecular weight is 960 g/mol. The highest BCUT2D eigenvalue weighted by Gasteiger charge is 2.42. The molecular formula is C51H44Cl2N4O9S. The minimum absolute atomic E-state index is 0.0552. The minimum atomic E-state index is -4.41. The van der Waals surface area contributed by atoms with Crippen molar-refractivity contribution in [2.75, 3.05) is 19.0 Å². The second-order valence-electron chi connectivity index (χ2n) is 16.2. The van der Waals surface area contributed by atoms with E-state index in [4.69, 9.17) is 42.1 Å². The van der Waals surface area contributed by atoms with E-state index in [1.165, 1.54) is 26.2 Å². The van der Waals surface area contributed by atoms with Gasteiger partial charge in [-0.05, 0) is 125 Å². The number of sulfonamides is 1. The van der Waals surface area contributed by atoms with Gasteiger partial charge in [0.1, 0.15) is 31.0 Å². The number of aryl methyl sites for hydroxylation is 1. The van der Waals surface area contributed by atoms with E-state index in [0.29, 0.717) is 60.8 Å². The summed E-state index contributed by atoms with van der Waals surface area (Å²) in [5.74, 6) is -0.255. The summed E-state index contributed by atoms with van der Waals surface area (Å²) in [5, 5.41) is 15.6. The number of halogens is 2. The molecule has 13 nitrogen and oxygen atoms in total. The molecule has 2 heterocycles. The van der Waals surface area contributed by atoms with Gasteiger partial charge in [-0.3, -0.25) is 9.59 Å². The Labute approximate surface area is 398 Å². The fraction of sp³-hybridized carbons (Fsp3) is 0.216. The number of nitrogens with zero attached hydrogens (tertiary/aromatic N) is 2. The highest BCUT2D eigenvalue weighted by Crippen LogP contribution is 2.42. The predicted molar refractivity (Wildman–Crippen MR) is 252 cm³/mol. The molecule has 2 aliphatic heterocycles. The smallest absolute Gasteiger partial charge is 0.328 e. The molecule has 2 amide bonds. The van der Waals surface area contributed by atoms with Crippen molar-refractivity contribution >= 4 is 56.7 Å². The molecule has 8 rings (SSSR count). The molecule has 6 aromatic carbocycles. The zero-order chi connectivity index (χ0) is 47.4. The zero-order valence-corrected chi connectivity index (χ0v) is 38.9. The number of anilines is 1. The summed E-state index contributed by atoms with van der Waals surface area (Å²) in [6.07, 6.45) is -0.496. The first kappa shape index (κ1) is 46.6. The van der Waals surface area contributed by atoms with Crippen LogP contribution in [0.4, 0.5) is 5.69 Å². The Morgan fingerprint density at radius 3 is 2.19 bits per heavy atom. The van der Waals surface area contributed by atoms with Crippen LogP contribution in [0.5, 0.6) is 17.2 Å². The van der Waals surface area contributed by atoms with E-state index in [0.717, 1.165) is 26.6 Å². The number of carbonyl (C=O) groups is 3. The van der Waals surface area contributed by atoms with E-state index in [1.54, 1.807) is 49.4 Å². The summed E-state index contributed by atoms with van der Waals surface area (Å²) in [6.45, 7) is 3.22. The molecule has 67 heavy (non-hydrogen) atoms. The molecule has 0 saturated carbocycles. The van der Waals surface area contributed by atoms with E-state index < -0.39 is 40.1 Å². The summed E-state index contributed by atoms with van der Waals surface area (Å²) in [5.41, 5.74) is 6.76. The van der Waals surface area contributed by atoms with Crippen LogP contribution in [0.1, 0.15) is 52.0 Å². The number of ether oxygens (including phenoxy) is 4. The normalized spacial score (nSPS) is 15.9. The quantitative estimate of drug-likeness (QED) is 0.107. The summed E-state index contributed by atoms with van der Waals surface area (Å²) in [7, 11) is -3.19. The van der Waals surface area contributed by atoms with Crippen molar-refractivity contribution in [1.29, 1.82) is 5.26 Å².